The summed E-state index contributed by atoms with van der Waals surface area (Å²) in [6.07, 6.45) is 6.94. The minimum Gasteiger partial charge on any atom is -0.481 e. The second-order valence-electron chi connectivity index (χ2n) is 6.75. The summed E-state index contributed by atoms with van der Waals surface area (Å²) < 4.78 is 11.3. The van der Waals surface area contributed by atoms with E-state index in [9.17, 15) is 0 Å². The third-order valence-electron chi connectivity index (χ3n) is 4.79. The second kappa shape index (κ2) is 7.85. The first-order chi connectivity index (χ1) is 15.3. The number of rotatable bonds is 5. The van der Waals surface area contributed by atoms with Crippen LogP contribution >= 0.6 is 0 Å². The average molecular weight is 411 g/mol. The van der Waals surface area contributed by atoms with Crippen LogP contribution < -0.4 is 19.4 Å². The van der Waals surface area contributed by atoms with Gasteiger partial charge >= 0.3 is 0 Å². The molecular weight excluding hydrogens is 392 g/mol. The molecule has 8 heteroatoms. The molecule has 1 unspecified atom stereocenters. The van der Waals surface area contributed by atoms with Gasteiger partial charge in [0.15, 0.2) is 11.9 Å². The summed E-state index contributed by atoms with van der Waals surface area (Å²) in [5.41, 5.74) is 1.56. The molecule has 8 nitrogen and oxygen atoms in total. The van der Waals surface area contributed by atoms with Crippen molar-refractivity contribution in [3.05, 3.63) is 85.3 Å². The second-order valence-corrected chi connectivity index (χ2v) is 6.75. The standard InChI is InChI=1S/C23H19N6O2/c1-30-22-12-11-17(15-25-22)26-23-27-21-16-24-13-14-29(21,28-23)19-9-5-6-10-20(19)31-18-7-3-2-4-8-18/h2-16H,1H3,(H,26,28)/q+1. The first kappa shape index (κ1) is 18.7. The molecule has 31 heavy (non-hydrogen) atoms. The van der Waals surface area contributed by atoms with Crippen molar-refractivity contribution in [1.29, 1.82) is 0 Å². The smallest absolute Gasteiger partial charge is 0.287 e. The number of para-hydroxylation sites is 3. The lowest BCUT2D eigenvalue weighted by atomic mass is 10.2. The molecule has 0 radical (unpaired) electrons. The minimum absolute atomic E-state index is 0.0123. The molecule has 0 bridgehead atoms. The number of hydrogen-bond acceptors (Lipinski definition) is 7. The Morgan fingerprint density at radius 1 is 0.935 bits per heavy atom. The number of quaternary nitrogens is 1. The number of nitrogens with zero attached hydrogens (tertiary/aromatic N) is 5. The van der Waals surface area contributed by atoms with E-state index in [-0.39, 0.29) is 4.59 Å². The Balaban J connectivity index is 1.52. The lowest BCUT2D eigenvalue weighted by Gasteiger charge is -2.25. The molecule has 152 valence electrons. The average Bonchev–Trinajstić information content (AvgIpc) is 3.19. The Kier molecular flexibility index (Phi) is 4.74. The fraction of sp³-hybridized carbons (Fsp3) is 0.0435. The number of fused-ring (bicyclic) bond motifs is 1. The number of benzene rings is 2. The molecule has 3 aromatic rings. The lowest BCUT2D eigenvalue weighted by Crippen LogP contribution is -2.44. The van der Waals surface area contributed by atoms with E-state index in [1.54, 1.807) is 31.8 Å². The molecule has 0 aliphatic carbocycles. The van der Waals surface area contributed by atoms with E-state index in [0.717, 1.165) is 17.1 Å². The molecular formula is C23H19N6O2+. The zero-order valence-corrected chi connectivity index (χ0v) is 16.7. The summed E-state index contributed by atoms with van der Waals surface area (Å²) in [6, 6.07) is 21.0. The van der Waals surface area contributed by atoms with Crippen LogP contribution in [0.15, 0.2) is 100 Å². The SMILES string of the molecule is COc1ccc(NC2=N[N+]3(c4ccccc4Oc4ccccc4)C=CN=CC3=N2)cn1. The topological polar surface area (TPSA) is 80.5 Å². The predicted octanol–water partition coefficient (Wildman–Crippen LogP) is 4.54. The maximum Gasteiger partial charge on any atom is 0.287 e. The number of pyridine rings is 1. The number of amidine groups is 1. The third kappa shape index (κ3) is 3.56. The maximum absolute atomic E-state index is 6.18. The van der Waals surface area contributed by atoms with Crippen LogP contribution in [0.3, 0.4) is 0 Å². The molecule has 0 spiro atoms. The highest BCUT2D eigenvalue weighted by Crippen LogP contribution is 2.40. The third-order valence-corrected chi connectivity index (χ3v) is 4.79. The van der Waals surface area contributed by atoms with Gasteiger partial charge in [0.25, 0.3) is 11.8 Å². The summed E-state index contributed by atoms with van der Waals surface area (Å²) in [7, 11) is 1.58. The quantitative estimate of drug-likeness (QED) is 0.625. The first-order valence-corrected chi connectivity index (χ1v) is 9.65. The van der Waals surface area contributed by atoms with Gasteiger partial charge in [-0.05, 0) is 29.4 Å². The van der Waals surface area contributed by atoms with Crippen molar-refractivity contribution in [1.82, 2.24) is 9.58 Å². The van der Waals surface area contributed by atoms with Gasteiger partial charge in [0, 0.05) is 12.1 Å². The number of ether oxygens (including phenoxy) is 2. The molecule has 0 saturated heterocycles. The number of anilines is 1. The first-order valence-electron chi connectivity index (χ1n) is 9.65. The summed E-state index contributed by atoms with van der Waals surface area (Å²) >= 11 is 0. The number of guanidine groups is 1. The van der Waals surface area contributed by atoms with Crippen LogP contribution in [0.4, 0.5) is 11.4 Å². The van der Waals surface area contributed by atoms with Gasteiger partial charge in [-0.3, -0.25) is 4.99 Å². The van der Waals surface area contributed by atoms with Crippen LogP contribution in [0, 0.1) is 0 Å². The summed E-state index contributed by atoms with van der Waals surface area (Å²) in [6.45, 7) is 0. The lowest BCUT2D eigenvalue weighted by molar-refractivity contribution is 0.398. The van der Waals surface area contributed by atoms with Gasteiger partial charge in [0.1, 0.15) is 12.0 Å². The van der Waals surface area contributed by atoms with E-state index >= 15 is 0 Å². The van der Waals surface area contributed by atoms with Crippen LogP contribution in [0.25, 0.3) is 0 Å². The Labute approximate surface area is 179 Å². The number of aliphatic imine (C=N–C) groups is 2. The van der Waals surface area contributed by atoms with Crippen LogP contribution in [0.1, 0.15) is 0 Å². The fourth-order valence-corrected chi connectivity index (χ4v) is 3.33. The van der Waals surface area contributed by atoms with Crippen LogP contribution in [-0.2, 0) is 0 Å². The predicted molar refractivity (Wildman–Crippen MR) is 122 cm³/mol. The van der Waals surface area contributed by atoms with Gasteiger partial charge in [0.05, 0.1) is 25.2 Å². The minimum atomic E-state index is 0.0123. The van der Waals surface area contributed by atoms with Crippen molar-refractivity contribution >= 4 is 29.4 Å². The molecule has 0 saturated carbocycles. The summed E-state index contributed by atoms with van der Waals surface area (Å²) in [5.74, 6) is 3.04. The Morgan fingerprint density at radius 2 is 1.77 bits per heavy atom. The number of methoxy groups -OCH3 is 1. The van der Waals surface area contributed by atoms with Gasteiger partial charge in [-0.15, -0.1) is 0 Å². The summed E-state index contributed by atoms with van der Waals surface area (Å²) in [5, 5.41) is 8.08. The number of hydrogen-bond donors (Lipinski definition) is 1. The molecule has 1 atom stereocenters. The van der Waals surface area contributed by atoms with Crippen molar-refractivity contribution in [3.63, 3.8) is 0 Å². The van der Waals surface area contributed by atoms with E-state index in [4.69, 9.17) is 14.6 Å². The molecule has 5 rings (SSSR count). The van der Waals surface area contributed by atoms with E-state index in [1.807, 2.05) is 66.9 Å². The molecule has 1 N–H and O–H groups in total. The van der Waals surface area contributed by atoms with Crippen LogP contribution in [0.5, 0.6) is 17.4 Å². The van der Waals surface area contributed by atoms with E-state index in [2.05, 4.69) is 20.3 Å². The highest BCUT2D eigenvalue weighted by molar-refractivity contribution is 6.38. The molecule has 2 aliphatic rings. The van der Waals surface area contributed by atoms with Gasteiger partial charge in [0.2, 0.25) is 11.6 Å². The number of aromatic nitrogens is 1. The molecule has 1 aromatic heterocycles. The van der Waals surface area contributed by atoms with Crippen LogP contribution in [-0.4, -0.2) is 30.1 Å². The Morgan fingerprint density at radius 3 is 2.58 bits per heavy atom. The van der Waals surface area contributed by atoms with Crippen molar-refractivity contribution < 1.29 is 9.47 Å². The fourth-order valence-electron chi connectivity index (χ4n) is 3.33. The Hall–Kier alpha value is -4.30. The van der Waals surface area contributed by atoms with E-state index < -0.39 is 0 Å². The van der Waals surface area contributed by atoms with Crippen molar-refractivity contribution in [3.8, 4) is 17.4 Å². The largest absolute Gasteiger partial charge is 0.481 e. The molecule has 2 aromatic carbocycles. The zero-order valence-electron chi connectivity index (χ0n) is 16.7. The number of nitrogens with one attached hydrogen (secondary N) is 1. The summed E-state index contributed by atoms with van der Waals surface area (Å²) in [4.78, 5) is 13.1. The van der Waals surface area contributed by atoms with Gasteiger partial charge < -0.3 is 14.8 Å². The van der Waals surface area contributed by atoms with Gasteiger partial charge in [-0.25, -0.2) is 4.98 Å². The molecule has 0 amide bonds. The molecule has 0 fully saturated rings. The molecule has 3 heterocycles. The van der Waals surface area contributed by atoms with Gasteiger partial charge in [-0.1, -0.05) is 34.9 Å². The highest BCUT2D eigenvalue weighted by atomic mass is 16.5. The van der Waals surface area contributed by atoms with Crippen LogP contribution in [0.2, 0.25) is 0 Å². The normalized spacial score (nSPS) is 18.7. The van der Waals surface area contributed by atoms with Crippen molar-refractivity contribution in [2.75, 3.05) is 12.4 Å². The van der Waals surface area contributed by atoms with Gasteiger partial charge in [-0.2, -0.15) is 4.99 Å². The highest BCUT2D eigenvalue weighted by Gasteiger charge is 2.45. The van der Waals surface area contributed by atoms with Crippen molar-refractivity contribution in [2.24, 2.45) is 15.1 Å². The van der Waals surface area contributed by atoms with Crippen molar-refractivity contribution in [2.45, 2.75) is 0 Å². The Bertz CT molecular complexity index is 1220. The maximum atomic E-state index is 6.18. The molecule has 2 aliphatic heterocycles. The monoisotopic (exact) mass is 411 g/mol. The zero-order chi connectivity index (χ0) is 21.1. The van der Waals surface area contributed by atoms with E-state index in [1.165, 1.54) is 0 Å². The van der Waals surface area contributed by atoms with E-state index in [0.29, 0.717) is 23.4 Å².